The highest BCUT2D eigenvalue weighted by Crippen LogP contribution is 2.40. The fourth-order valence-electron chi connectivity index (χ4n) is 3.23. The van der Waals surface area contributed by atoms with Gasteiger partial charge >= 0.3 is 6.36 Å². The van der Waals surface area contributed by atoms with E-state index >= 15 is 0 Å². The van der Waals surface area contributed by atoms with E-state index in [9.17, 15) is 18.0 Å². The highest BCUT2D eigenvalue weighted by atomic mass is 32.1. The number of fused-ring (bicyclic) bond motifs is 1. The Kier molecular flexibility index (Phi) is 4.94. The van der Waals surface area contributed by atoms with Crippen LogP contribution in [0.25, 0.3) is 10.2 Å². The number of alkyl halides is 3. The topological polar surface area (TPSA) is 64.1 Å². The van der Waals surface area contributed by atoms with E-state index in [2.05, 4.69) is 20.0 Å². The van der Waals surface area contributed by atoms with E-state index in [-0.39, 0.29) is 23.8 Å². The lowest BCUT2D eigenvalue weighted by molar-refractivity contribution is -0.274. The number of carbonyl (C=O) groups is 1. The summed E-state index contributed by atoms with van der Waals surface area (Å²) in [5.41, 5.74) is 1.86. The second-order valence-corrected chi connectivity index (χ2v) is 8.02. The highest BCUT2D eigenvalue weighted by molar-refractivity contribution is 7.20. The Bertz CT molecular complexity index is 1090. The molecule has 2 aromatic heterocycles. The number of benzene rings is 1. The molecule has 1 fully saturated rings. The molecule has 3 aromatic rings. The lowest BCUT2D eigenvalue weighted by atomic mass is 10.1. The summed E-state index contributed by atoms with van der Waals surface area (Å²) in [6.07, 6.45) is -2.62. The van der Waals surface area contributed by atoms with E-state index in [0.717, 1.165) is 40.1 Å². The molecule has 1 aliphatic carbocycles. The van der Waals surface area contributed by atoms with E-state index < -0.39 is 6.36 Å². The number of halogens is 3. The molecule has 2 heterocycles. The average Bonchev–Trinajstić information content (AvgIpc) is 3.43. The van der Waals surface area contributed by atoms with Gasteiger partial charge in [-0.25, -0.2) is 9.97 Å². The smallest absolute Gasteiger partial charge is 0.405 e. The number of nitrogens with zero attached hydrogens (tertiary/aromatic N) is 2. The van der Waals surface area contributed by atoms with Gasteiger partial charge in [-0.1, -0.05) is 18.2 Å². The van der Waals surface area contributed by atoms with Gasteiger partial charge in [0, 0.05) is 23.4 Å². The van der Waals surface area contributed by atoms with E-state index in [1.54, 1.807) is 6.07 Å². The summed E-state index contributed by atoms with van der Waals surface area (Å²) in [6.45, 7) is 3.65. The van der Waals surface area contributed by atoms with Crippen molar-refractivity contribution in [3.05, 3.63) is 51.8 Å². The molecule has 1 aliphatic rings. The first-order valence-electron chi connectivity index (χ1n) is 9.12. The van der Waals surface area contributed by atoms with Crippen LogP contribution in [0.1, 0.15) is 51.1 Å². The lowest BCUT2D eigenvalue weighted by Crippen LogP contribution is -2.24. The van der Waals surface area contributed by atoms with Crippen LogP contribution in [0.15, 0.2) is 24.3 Å². The van der Waals surface area contributed by atoms with Gasteiger partial charge in [0.05, 0.1) is 10.6 Å². The molecule has 152 valence electrons. The van der Waals surface area contributed by atoms with Crippen LogP contribution in [-0.4, -0.2) is 22.2 Å². The third-order valence-corrected chi connectivity index (χ3v) is 5.96. The summed E-state index contributed by atoms with van der Waals surface area (Å²) >= 11 is 1.28. The van der Waals surface area contributed by atoms with Crippen LogP contribution >= 0.6 is 11.3 Å². The van der Waals surface area contributed by atoms with Crippen LogP contribution in [0.2, 0.25) is 0 Å². The number of amides is 1. The second kappa shape index (κ2) is 7.29. The number of ether oxygens (including phenoxy) is 1. The van der Waals surface area contributed by atoms with Crippen molar-refractivity contribution in [1.29, 1.82) is 0 Å². The van der Waals surface area contributed by atoms with Crippen molar-refractivity contribution in [1.82, 2.24) is 15.3 Å². The molecule has 0 aliphatic heterocycles. The van der Waals surface area contributed by atoms with E-state index in [1.807, 2.05) is 13.8 Å². The van der Waals surface area contributed by atoms with Crippen molar-refractivity contribution in [3.8, 4) is 5.75 Å². The molecule has 29 heavy (non-hydrogen) atoms. The zero-order chi connectivity index (χ0) is 20.8. The first kappa shape index (κ1) is 19.6. The Balaban J connectivity index is 1.56. The van der Waals surface area contributed by atoms with Gasteiger partial charge in [-0.05, 0) is 38.3 Å². The molecule has 0 unspecified atom stereocenters. The molecule has 0 radical (unpaired) electrons. The second-order valence-electron chi connectivity index (χ2n) is 7.02. The van der Waals surface area contributed by atoms with Crippen LogP contribution in [0.4, 0.5) is 13.2 Å². The van der Waals surface area contributed by atoms with E-state index in [4.69, 9.17) is 0 Å². The Hall–Kier alpha value is -2.68. The van der Waals surface area contributed by atoms with Crippen molar-refractivity contribution in [3.63, 3.8) is 0 Å². The number of nitrogens with one attached hydrogen (secondary N) is 1. The van der Waals surface area contributed by atoms with Crippen LogP contribution in [0.5, 0.6) is 5.75 Å². The summed E-state index contributed by atoms with van der Waals surface area (Å²) in [5, 5.41) is 3.55. The predicted octanol–water partition coefficient (Wildman–Crippen LogP) is 5.01. The molecule has 0 spiro atoms. The van der Waals surface area contributed by atoms with Crippen molar-refractivity contribution in [2.45, 2.75) is 45.5 Å². The maximum absolute atomic E-state index is 12.7. The molecule has 1 amide bonds. The fourth-order valence-corrected chi connectivity index (χ4v) is 4.39. The normalized spacial score (nSPS) is 14.2. The number of aromatic nitrogens is 2. The molecule has 5 nitrogen and oxygen atoms in total. The van der Waals surface area contributed by atoms with E-state index in [1.165, 1.54) is 29.5 Å². The van der Waals surface area contributed by atoms with Crippen molar-refractivity contribution < 1.29 is 22.7 Å². The van der Waals surface area contributed by atoms with Gasteiger partial charge in [0.2, 0.25) is 0 Å². The molecular formula is C20H18F3N3O2S. The fraction of sp³-hybridized carbons (Fsp3) is 0.350. The molecule has 1 N–H and O–H groups in total. The zero-order valence-electron chi connectivity index (χ0n) is 15.8. The van der Waals surface area contributed by atoms with Crippen LogP contribution < -0.4 is 10.1 Å². The number of rotatable bonds is 5. The first-order chi connectivity index (χ1) is 13.7. The maximum atomic E-state index is 12.7. The SMILES string of the molecule is Cc1nc(C2CC2)nc2sc(C(=O)NCc3ccccc3OC(F)(F)F)c(C)c12. The average molecular weight is 421 g/mol. The number of carbonyl (C=O) groups excluding carboxylic acids is 1. The summed E-state index contributed by atoms with van der Waals surface area (Å²) in [5.74, 6) is 0.535. The minimum Gasteiger partial charge on any atom is -0.405 e. The maximum Gasteiger partial charge on any atom is 0.573 e. The van der Waals surface area contributed by atoms with E-state index in [0.29, 0.717) is 10.8 Å². The number of aryl methyl sites for hydroxylation is 2. The quantitative estimate of drug-likeness (QED) is 0.629. The minimum absolute atomic E-state index is 0.0866. The monoisotopic (exact) mass is 421 g/mol. The lowest BCUT2D eigenvalue weighted by Gasteiger charge is -2.13. The number of hydrogen-bond donors (Lipinski definition) is 1. The predicted molar refractivity (Wildman–Crippen MR) is 103 cm³/mol. The molecule has 1 aromatic carbocycles. The van der Waals surface area contributed by atoms with Gasteiger partial charge in [0.1, 0.15) is 16.4 Å². The summed E-state index contributed by atoms with van der Waals surface area (Å²) in [4.78, 5) is 23.2. The molecule has 0 saturated heterocycles. The largest absolute Gasteiger partial charge is 0.573 e. The van der Waals surface area contributed by atoms with Gasteiger partial charge in [-0.15, -0.1) is 24.5 Å². The van der Waals surface area contributed by atoms with Crippen molar-refractivity contribution >= 4 is 27.5 Å². The third-order valence-electron chi connectivity index (χ3n) is 4.77. The van der Waals surface area contributed by atoms with Crippen LogP contribution in [-0.2, 0) is 6.54 Å². The zero-order valence-corrected chi connectivity index (χ0v) is 16.6. The molecule has 0 atom stereocenters. The molecule has 1 saturated carbocycles. The summed E-state index contributed by atoms with van der Waals surface area (Å²) in [7, 11) is 0. The number of para-hydroxylation sites is 1. The first-order valence-corrected chi connectivity index (χ1v) is 9.94. The Morgan fingerprint density at radius 1 is 1.24 bits per heavy atom. The standard InChI is InChI=1S/C20H18F3N3O2S/c1-10-15-11(2)25-17(12-7-8-12)26-19(15)29-16(10)18(27)24-9-13-5-3-4-6-14(13)28-20(21,22)23/h3-6,12H,7-9H2,1-2H3,(H,24,27). The molecule has 0 bridgehead atoms. The van der Waals surface area contributed by atoms with Gasteiger partial charge in [-0.2, -0.15) is 0 Å². The van der Waals surface area contributed by atoms with Gasteiger partial charge in [0.25, 0.3) is 5.91 Å². The van der Waals surface area contributed by atoms with Gasteiger partial charge < -0.3 is 10.1 Å². The minimum atomic E-state index is -4.79. The molecular weight excluding hydrogens is 403 g/mol. The highest BCUT2D eigenvalue weighted by Gasteiger charge is 2.32. The molecule has 4 rings (SSSR count). The van der Waals surface area contributed by atoms with Crippen molar-refractivity contribution in [2.75, 3.05) is 0 Å². The summed E-state index contributed by atoms with van der Waals surface area (Å²) < 4.78 is 41.7. The Morgan fingerprint density at radius 2 is 1.97 bits per heavy atom. The van der Waals surface area contributed by atoms with Crippen molar-refractivity contribution in [2.24, 2.45) is 0 Å². The Labute approximate surface area is 168 Å². The van der Waals surface area contributed by atoms with Crippen LogP contribution in [0, 0.1) is 13.8 Å². The Morgan fingerprint density at radius 3 is 2.66 bits per heavy atom. The van der Waals surface area contributed by atoms with Gasteiger partial charge in [-0.3, -0.25) is 4.79 Å². The number of thiophene rings is 1. The third kappa shape index (κ3) is 4.19. The molecule has 9 heteroatoms. The van der Waals surface area contributed by atoms with Crippen LogP contribution in [0.3, 0.4) is 0 Å². The number of hydrogen-bond acceptors (Lipinski definition) is 5. The van der Waals surface area contributed by atoms with Gasteiger partial charge in [0.15, 0.2) is 0 Å². The summed E-state index contributed by atoms with van der Waals surface area (Å²) in [6, 6.07) is 5.74.